The molecule has 28 heavy (non-hydrogen) atoms. The lowest BCUT2D eigenvalue weighted by Gasteiger charge is -2.19. The zero-order chi connectivity index (χ0) is 20.3. The van der Waals surface area contributed by atoms with Crippen LogP contribution in [0.2, 0.25) is 0 Å². The van der Waals surface area contributed by atoms with Gasteiger partial charge in [0.1, 0.15) is 4.21 Å². The van der Waals surface area contributed by atoms with Crippen molar-refractivity contribution in [1.82, 2.24) is 5.32 Å². The monoisotopic (exact) mass is 414 g/mol. The van der Waals surface area contributed by atoms with Crippen molar-refractivity contribution in [3.05, 3.63) is 82.7 Å². The van der Waals surface area contributed by atoms with Crippen LogP contribution in [0.15, 0.2) is 70.3 Å². The summed E-state index contributed by atoms with van der Waals surface area (Å²) in [4.78, 5) is 12.5. The molecule has 0 aliphatic heterocycles. The van der Waals surface area contributed by atoms with E-state index in [2.05, 4.69) is 5.32 Å². The average Bonchev–Trinajstić information content (AvgIpc) is 3.23. The normalized spacial score (nSPS) is 12.4. The minimum Gasteiger partial charge on any atom is -0.346 e. The number of carbonyl (C=O) groups is 1. The first-order chi connectivity index (χ1) is 13.3. The van der Waals surface area contributed by atoms with E-state index in [1.54, 1.807) is 41.8 Å². The summed E-state index contributed by atoms with van der Waals surface area (Å²) in [5.41, 5.74) is 3.16. The van der Waals surface area contributed by atoms with Crippen LogP contribution in [0.4, 0.5) is 5.69 Å². The Balaban J connectivity index is 1.71. The summed E-state index contributed by atoms with van der Waals surface area (Å²) in [7, 11) is -2.09. The van der Waals surface area contributed by atoms with Gasteiger partial charge in [-0.2, -0.15) is 0 Å². The third kappa shape index (κ3) is 4.26. The molecule has 3 aromatic rings. The third-order valence-electron chi connectivity index (χ3n) is 4.53. The minimum absolute atomic E-state index is 0.130. The fourth-order valence-corrected chi connectivity index (χ4v) is 5.08. The number of carbonyl (C=O) groups excluding carboxylic acids is 1. The van der Waals surface area contributed by atoms with Gasteiger partial charge in [-0.3, -0.25) is 9.10 Å². The molecule has 1 atom stereocenters. The topological polar surface area (TPSA) is 66.5 Å². The van der Waals surface area contributed by atoms with E-state index in [0.717, 1.165) is 5.56 Å². The molecule has 146 valence electrons. The summed E-state index contributed by atoms with van der Waals surface area (Å²) in [5, 5.41) is 4.69. The van der Waals surface area contributed by atoms with Crippen LogP contribution in [0.1, 0.15) is 34.5 Å². The van der Waals surface area contributed by atoms with Gasteiger partial charge in [-0.05, 0) is 55.1 Å². The fourth-order valence-electron chi connectivity index (χ4n) is 2.73. The first-order valence-electron chi connectivity index (χ1n) is 8.79. The van der Waals surface area contributed by atoms with Crippen LogP contribution in [-0.4, -0.2) is 21.4 Å². The molecule has 0 aliphatic carbocycles. The predicted molar refractivity (Wildman–Crippen MR) is 113 cm³/mol. The molecule has 7 heteroatoms. The van der Waals surface area contributed by atoms with Crippen molar-refractivity contribution < 1.29 is 13.2 Å². The van der Waals surface area contributed by atoms with E-state index in [-0.39, 0.29) is 16.2 Å². The largest absolute Gasteiger partial charge is 0.346 e. The number of rotatable bonds is 6. The molecular formula is C21H22N2O3S2. The molecule has 0 saturated heterocycles. The van der Waals surface area contributed by atoms with Crippen molar-refractivity contribution >= 4 is 33.0 Å². The Labute approximate surface area is 169 Å². The van der Waals surface area contributed by atoms with E-state index in [1.807, 2.05) is 38.1 Å². The maximum Gasteiger partial charge on any atom is 0.273 e. The highest BCUT2D eigenvalue weighted by Crippen LogP contribution is 2.25. The maximum absolute atomic E-state index is 12.6. The Morgan fingerprint density at radius 1 is 1.04 bits per heavy atom. The van der Waals surface area contributed by atoms with Gasteiger partial charge in [0.2, 0.25) is 0 Å². The van der Waals surface area contributed by atoms with Crippen molar-refractivity contribution in [2.75, 3.05) is 11.4 Å². The number of anilines is 1. The molecule has 1 aromatic heterocycles. The van der Waals surface area contributed by atoms with E-state index in [0.29, 0.717) is 11.3 Å². The molecule has 0 fully saturated rings. The van der Waals surface area contributed by atoms with Crippen LogP contribution in [0.25, 0.3) is 0 Å². The molecule has 0 spiro atoms. The number of thiophene rings is 1. The van der Waals surface area contributed by atoms with E-state index in [9.17, 15) is 13.2 Å². The van der Waals surface area contributed by atoms with Gasteiger partial charge >= 0.3 is 0 Å². The Bertz CT molecular complexity index is 1040. The van der Waals surface area contributed by atoms with Gasteiger partial charge in [0.05, 0.1) is 11.7 Å². The van der Waals surface area contributed by atoms with Crippen molar-refractivity contribution in [2.24, 2.45) is 0 Å². The minimum atomic E-state index is -3.59. The molecule has 5 nitrogen and oxygen atoms in total. The summed E-state index contributed by atoms with van der Waals surface area (Å²) >= 11 is 1.17. The molecular weight excluding hydrogens is 392 g/mol. The Hall–Kier alpha value is -2.64. The molecule has 1 amide bonds. The number of sulfonamides is 1. The van der Waals surface area contributed by atoms with E-state index >= 15 is 0 Å². The van der Waals surface area contributed by atoms with Crippen molar-refractivity contribution in [3.63, 3.8) is 0 Å². The van der Waals surface area contributed by atoms with Crippen molar-refractivity contribution in [2.45, 2.75) is 24.1 Å². The standard InChI is InChI=1S/C21H22N2O3S2/c1-15-6-8-17(9-7-15)16(2)22-21(24)18-10-12-19(13-11-18)23(3)28(25,26)20-5-4-14-27-20/h4-14,16H,1-3H3,(H,22,24)/t16-/m0/s1. The molecule has 0 unspecified atom stereocenters. The van der Waals surface area contributed by atoms with Gasteiger partial charge in [-0.15, -0.1) is 11.3 Å². The van der Waals surface area contributed by atoms with Crippen LogP contribution in [0.3, 0.4) is 0 Å². The van der Waals surface area contributed by atoms with Gasteiger partial charge in [-0.1, -0.05) is 35.9 Å². The van der Waals surface area contributed by atoms with E-state index in [4.69, 9.17) is 0 Å². The number of hydrogen-bond donors (Lipinski definition) is 1. The average molecular weight is 415 g/mol. The number of nitrogens with zero attached hydrogens (tertiary/aromatic N) is 1. The van der Waals surface area contributed by atoms with Crippen molar-refractivity contribution in [1.29, 1.82) is 0 Å². The molecule has 1 heterocycles. The summed E-state index contributed by atoms with van der Waals surface area (Å²) in [5.74, 6) is -0.205. The zero-order valence-electron chi connectivity index (χ0n) is 15.9. The molecule has 0 saturated carbocycles. The fraction of sp³-hybridized carbons (Fsp3) is 0.190. The van der Waals surface area contributed by atoms with Crippen LogP contribution < -0.4 is 9.62 Å². The highest BCUT2D eigenvalue weighted by Gasteiger charge is 2.22. The van der Waals surface area contributed by atoms with E-state index in [1.165, 1.54) is 28.3 Å². The molecule has 0 aliphatic rings. The van der Waals surface area contributed by atoms with Crippen LogP contribution in [0, 0.1) is 6.92 Å². The molecule has 3 rings (SSSR count). The van der Waals surface area contributed by atoms with Crippen LogP contribution >= 0.6 is 11.3 Å². The molecule has 1 N–H and O–H groups in total. The lowest BCUT2D eigenvalue weighted by Crippen LogP contribution is -2.27. The Kier molecular flexibility index (Phi) is 5.86. The number of nitrogens with one attached hydrogen (secondary N) is 1. The number of benzene rings is 2. The van der Waals surface area contributed by atoms with Gasteiger partial charge < -0.3 is 5.32 Å². The van der Waals surface area contributed by atoms with Gasteiger partial charge in [0.25, 0.3) is 15.9 Å². The first kappa shape index (κ1) is 20.1. The summed E-state index contributed by atoms with van der Waals surface area (Å²) in [6.45, 7) is 3.95. The second kappa shape index (κ2) is 8.16. The lowest BCUT2D eigenvalue weighted by molar-refractivity contribution is 0.0940. The maximum atomic E-state index is 12.6. The smallest absolute Gasteiger partial charge is 0.273 e. The van der Waals surface area contributed by atoms with Crippen LogP contribution in [-0.2, 0) is 10.0 Å². The summed E-state index contributed by atoms with van der Waals surface area (Å²) < 4.78 is 26.7. The highest BCUT2D eigenvalue weighted by atomic mass is 32.2. The Morgan fingerprint density at radius 2 is 1.68 bits per heavy atom. The molecule has 0 radical (unpaired) electrons. The Morgan fingerprint density at radius 3 is 2.25 bits per heavy atom. The molecule has 0 bridgehead atoms. The molecule has 2 aromatic carbocycles. The number of hydrogen-bond acceptors (Lipinski definition) is 4. The quantitative estimate of drug-likeness (QED) is 0.651. The van der Waals surface area contributed by atoms with Gasteiger partial charge in [-0.25, -0.2) is 8.42 Å². The lowest BCUT2D eigenvalue weighted by atomic mass is 10.1. The zero-order valence-corrected chi connectivity index (χ0v) is 17.5. The third-order valence-corrected chi connectivity index (χ3v) is 7.69. The summed E-state index contributed by atoms with van der Waals surface area (Å²) in [6.07, 6.45) is 0. The predicted octanol–water partition coefficient (Wildman–Crippen LogP) is 4.37. The van der Waals surface area contributed by atoms with Crippen molar-refractivity contribution in [3.8, 4) is 0 Å². The number of aryl methyl sites for hydroxylation is 1. The SMILES string of the molecule is Cc1ccc([C@H](C)NC(=O)c2ccc(N(C)S(=O)(=O)c3cccs3)cc2)cc1. The van der Waals surface area contributed by atoms with Gasteiger partial charge in [0.15, 0.2) is 0 Å². The second-order valence-corrected chi connectivity index (χ2v) is 9.70. The first-order valence-corrected chi connectivity index (χ1v) is 11.1. The van der Waals surface area contributed by atoms with E-state index < -0.39 is 10.0 Å². The summed E-state index contributed by atoms with van der Waals surface area (Å²) in [6, 6.07) is 17.7. The number of amides is 1. The van der Waals surface area contributed by atoms with Gasteiger partial charge in [0, 0.05) is 12.6 Å². The highest BCUT2D eigenvalue weighted by molar-refractivity contribution is 7.94. The van der Waals surface area contributed by atoms with Crippen LogP contribution in [0.5, 0.6) is 0 Å². The second-order valence-electron chi connectivity index (χ2n) is 6.56.